The van der Waals surface area contributed by atoms with Crippen LogP contribution in [0.2, 0.25) is 0 Å². The number of nitrogens with two attached hydrogens (primary N) is 1. The molecule has 0 heterocycles. The van der Waals surface area contributed by atoms with E-state index in [2.05, 4.69) is 21.2 Å². The van der Waals surface area contributed by atoms with Crippen LogP contribution >= 0.6 is 15.9 Å². The van der Waals surface area contributed by atoms with Crippen LogP contribution in [0.15, 0.2) is 22.7 Å². The van der Waals surface area contributed by atoms with Crippen molar-refractivity contribution in [1.82, 2.24) is 0 Å². The lowest BCUT2D eigenvalue weighted by atomic mass is 10.2. The summed E-state index contributed by atoms with van der Waals surface area (Å²) in [7, 11) is 1.59. The number of carbonyl (C=O) groups is 1. The Hall–Kier alpha value is -1.07. The van der Waals surface area contributed by atoms with Gasteiger partial charge in [-0.15, -0.1) is 0 Å². The molecule has 0 aliphatic rings. The zero-order valence-corrected chi connectivity index (χ0v) is 10.9. The number of halogens is 1. The van der Waals surface area contributed by atoms with Crippen molar-refractivity contribution in [2.24, 2.45) is 5.73 Å². The maximum Gasteiger partial charge on any atom is 0.241 e. The van der Waals surface area contributed by atoms with Crippen molar-refractivity contribution in [3.8, 4) is 5.75 Å². The molecular weight excluding hydrogens is 272 g/mol. The van der Waals surface area contributed by atoms with Crippen LogP contribution in [-0.4, -0.2) is 19.1 Å². The molecule has 0 aliphatic heterocycles. The highest BCUT2D eigenvalue weighted by Gasteiger charge is 2.11. The summed E-state index contributed by atoms with van der Waals surface area (Å²) < 4.78 is 5.88. The van der Waals surface area contributed by atoms with Crippen LogP contribution in [0.25, 0.3) is 0 Å². The fourth-order valence-electron chi connectivity index (χ4n) is 1.16. The van der Waals surface area contributed by atoms with Gasteiger partial charge in [-0.1, -0.05) is 6.92 Å². The lowest BCUT2D eigenvalue weighted by molar-refractivity contribution is -0.117. The number of nitrogens with one attached hydrogen (secondary N) is 1. The van der Waals surface area contributed by atoms with E-state index in [1.54, 1.807) is 25.3 Å². The normalized spacial score (nSPS) is 12.0. The topological polar surface area (TPSA) is 64.4 Å². The van der Waals surface area contributed by atoms with Gasteiger partial charge in [0.05, 0.1) is 17.6 Å². The minimum absolute atomic E-state index is 0.181. The van der Waals surface area contributed by atoms with Crippen LogP contribution in [0.5, 0.6) is 5.75 Å². The van der Waals surface area contributed by atoms with Gasteiger partial charge in [-0.05, 0) is 40.5 Å². The van der Waals surface area contributed by atoms with Gasteiger partial charge in [0.1, 0.15) is 5.75 Å². The van der Waals surface area contributed by atoms with Gasteiger partial charge in [0.2, 0.25) is 5.91 Å². The number of methoxy groups -OCH3 is 1. The number of hydrogen-bond acceptors (Lipinski definition) is 3. The van der Waals surface area contributed by atoms with Crippen molar-refractivity contribution in [1.29, 1.82) is 0 Å². The number of hydrogen-bond donors (Lipinski definition) is 2. The zero-order chi connectivity index (χ0) is 12.1. The second-order valence-electron chi connectivity index (χ2n) is 3.35. The summed E-state index contributed by atoms with van der Waals surface area (Å²) in [6, 6.07) is 4.85. The summed E-state index contributed by atoms with van der Waals surface area (Å²) in [6.07, 6.45) is 0.614. The Balaban J connectivity index is 2.75. The Labute approximate surface area is 103 Å². The molecule has 0 radical (unpaired) electrons. The fourth-order valence-corrected chi connectivity index (χ4v) is 1.71. The summed E-state index contributed by atoms with van der Waals surface area (Å²) >= 11 is 3.34. The van der Waals surface area contributed by atoms with E-state index in [1.807, 2.05) is 6.92 Å². The van der Waals surface area contributed by atoms with Crippen molar-refractivity contribution < 1.29 is 9.53 Å². The number of rotatable bonds is 4. The molecule has 1 amide bonds. The molecule has 4 nitrogen and oxygen atoms in total. The highest BCUT2D eigenvalue weighted by molar-refractivity contribution is 9.10. The van der Waals surface area contributed by atoms with Crippen LogP contribution in [0.4, 0.5) is 5.69 Å². The van der Waals surface area contributed by atoms with E-state index < -0.39 is 6.04 Å². The van der Waals surface area contributed by atoms with E-state index in [0.29, 0.717) is 12.1 Å². The van der Waals surface area contributed by atoms with Crippen LogP contribution < -0.4 is 15.8 Å². The quantitative estimate of drug-likeness (QED) is 0.891. The third-order valence-electron chi connectivity index (χ3n) is 2.20. The van der Waals surface area contributed by atoms with E-state index in [9.17, 15) is 4.79 Å². The molecule has 1 aromatic rings. The second-order valence-corrected chi connectivity index (χ2v) is 4.21. The molecule has 1 aromatic carbocycles. The first-order valence-corrected chi connectivity index (χ1v) is 5.77. The van der Waals surface area contributed by atoms with Crippen LogP contribution in [0.3, 0.4) is 0 Å². The molecule has 0 aromatic heterocycles. The Morgan fingerprint density at radius 1 is 1.62 bits per heavy atom. The summed E-state index contributed by atoms with van der Waals surface area (Å²) in [5, 5.41) is 2.74. The first kappa shape index (κ1) is 13.0. The Bertz CT molecular complexity index is 382. The SMILES string of the molecule is CCC(N)C(=O)Nc1ccc(OC)c(Br)c1. The molecule has 1 rings (SSSR count). The smallest absolute Gasteiger partial charge is 0.241 e. The van der Waals surface area contributed by atoms with Gasteiger partial charge < -0.3 is 15.8 Å². The molecular formula is C11H15BrN2O2. The molecule has 16 heavy (non-hydrogen) atoms. The third kappa shape index (κ3) is 3.21. The monoisotopic (exact) mass is 286 g/mol. The van der Waals surface area contributed by atoms with Crippen LogP contribution in [-0.2, 0) is 4.79 Å². The van der Waals surface area contributed by atoms with Gasteiger partial charge in [0.15, 0.2) is 0 Å². The van der Waals surface area contributed by atoms with Gasteiger partial charge in [-0.2, -0.15) is 0 Å². The number of carbonyl (C=O) groups excluding carboxylic acids is 1. The van der Waals surface area contributed by atoms with E-state index in [-0.39, 0.29) is 5.91 Å². The molecule has 88 valence electrons. The maximum atomic E-state index is 11.5. The predicted octanol–water partition coefficient (Wildman–Crippen LogP) is 2.13. The van der Waals surface area contributed by atoms with Crippen molar-refractivity contribution in [3.05, 3.63) is 22.7 Å². The molecule has 0 fully saturated rings. The average Bonchev–Trinajstić information content (AvgIpc) is 2.28. The predicted molar refractivity (Wildman–Crippen MR) is 67.6 cm³/mol. The van der Waals surface area contributed by atoms with Crippen molar-refractivity contribution >= 4 is 27.5 Å². The van der Waals surface area contributed by atoms with Crippen molar-refractivity contribution in [3.63, 3.8) is 0 Å². The number of amides is 1. The van der Waals surface area contributed by atoms with Gasteiger partial charge in [-0.3, -0.25) is 4.79 Å². The Morgan fingerprint density at radius 2 is 2.31 bits per heavy atom. The van der Waals surface area contributed by atoms with Gasteiger partial charge in [0.25, 0.3) is 0 Å². The van der Waals surface area contributed by atoms with Crippen molar-refractivity contribution in [2.75, 3.05) is 12.4 Å². The fraction of sp³-hybridized carbons (Fsp3) is 0.364. The number of anilines is 1. The first-order chi connectivity index (χ1) is 7.58. The van der Waals surface area contributed by atoms with Gasteiger partial charge in [-0.25, -0.2) is 0 Å². The number of benzene rings is 1. The molecule has 0 bridgehead atoms. The molecule has 0 spiro atoms. The molecule has 1 atom stereocenters. The van der Waals surface area contributed by atoms with Crippen LogP contribution in [0.1, 0.15) is 13.3 Å². The van der Waals surface area contributed by atoms with Gasteiger partial charge in [0, 0.05) is 5.69 Å². The number of ether oxygens (including phenoxy) is 1. The standard InChI is InChI=1S/C11H15BrN2O2/c1-3-9(13)11(15)14-7-4-5-10(16-2)8(12)6-7/h4-6,9H,3,13H2,1-2H3,(H,14,15). The van der Waals surface area contributed by atoms with Gasteiger partial charge >= 0.3 is 0 Å². The molecule has 0 saturated carbocycles. The molecule has 3 N–H and O–H groups in total. The highest BCUT2D eigenvalue weighted by atomic mass is 79.9. The Kier molecular flexibility index (Phi) is 4.76. The van der Waals surface area contributed by atoms with E-state index in [1.165, 1.54) is 0 Å². The van der Waals surface area contributed by atoms with Crippen LogP contribution in [0, 0.1) is 0 Å². The van der Waals surface area contributed by atoms with E-state index in [4.69, 9.17) is 10.5 Å². The maximum absolute atomic E-state index is 11.5. The minimum Gasteiger partial charge on any atom is -0.496 e. The molecule has 0 aliphatic carbocycles. The largest absolute Gasteiger partial charge is 0.496 e. The summed E-state index contributed by atoms with van der Waals surface area (Å²) in [5.74, 6) is 0.539. The van der Waals surface area contributed by atoms with E-state index in [0.717, 1.165) is 10.2 Å². The Morgan fingerprint density at radius 3 is 2.81 bits per heavy atom. The lowest BCUT2D eigenvalue weighted by Crippen LogP contribution is -2.34. The summed E-state index contributed by atoms with van der Waals surface area (Å²) in [4.78, 5) is 11.5. The molecule has 0 saturated heterocycles. The zero-order valence-electron chi connectivity index (χ0n) is 9.29. The third-order valence-corrected chi connectivity index (χ3v) is 2.82. The highest BCUT2D eigenvalue weighted by Crippen LogP contribution is 2.27. The molecule has 1 unspecified atom stereocenters. The second kappa shape index (κ2) is 5.86. The van der Waals surface area contributed by atoms with E-state index >= 15 is 0 Å². The molecule has 5 heteroatoms. The average molecular weight is 287 g/mol. The van der Waals surface area contributed by atoms with Crippen molar-refractivity contribution in [2.45, 2.75) is 19.4 Å². The summed E-state index contributed by atoms with van der Waals surface area (Å²) in [6.45, 7) is 1.87. The minimum atomic E-state index is -0.471. The lowest BCUT2D eigenvalue weighted by Gasteiger charge is -2.11. The first-order valence-electron chi connectivity index (χ1n) is 4.98. The summed E-state index contributed by atoms with van der Waals surface area (Å²) in [5.41, 5.74) is 6.31.